The van der Waals surface area contributed by atoms with Crippen LogP contribution in [0.1, 0.15) is 16.3 Å². The van der Waals surface area contributed by atoms with E-state index in [1.54, 1.807) is 11.3 Å². The van der Waals surface area contributed by atoms with Gasteiger partial charge < -0.3 is 0 Å². The average molecular weight is 314 g/mol. The normalized spacial score (nSPS) is 11.7. The molecule has 0 aliphatic carbocycles. The zero-order valence-electron chi connectivity index (χ0n) is 10.9. The van der Waals surface area contributed by atoms with E-state index in [-0.39, 0.29) is 5.41 Å². The van der Waals surface area contributed by atoms with E-state index >= 15 is 0 Å². The van der Waals surface area contributed by atoms with Gasteiger partial charge in [0, 0.05) is 22.6 Å². The molecule has 0 fully saturated rings. The van der Waals surface area contributed by atoms with Gasteiger partial charge in [0.25, 0.3) is 0 Å². The Bertz CT molecular complexity index is 506. The molecule has 0 unspecified atom stereocenters. The summed E-state index contributed by atoms with van der Waals surface area (Å²) in [6.45, 7) is 2.02. The molecule has 0 amide bonds. The summed E-state index contributed by atoms with van der Waals surface area (Å²) in [7, 11) is 0. The number of thiazole rings is 1. The molecule has 1 aromatic carbocycles. The molecule has 1 aromatic heterocycles. The minimum absolute atomic E-state index is 0.120. The van der Waals surface area contributed by atoms with E-state index in [0.717, 1.165) is 23.5 Å². The maximum atomic E-state index is 6.22. The molecule has 0 saturated carbocycles. The molecule has 4 heteroatoms. The standard InChI is InChI=1S/C15H17Cl2NS/c1-12-18-14(9-19-12)8-15(10-16,11-17)7-13-5-3-2-4-6-13/h2-6,9H,7-8,10-11H2,1H3. The highest BCUT2D eigenvalue weighted by atomic mass is 35.5. The van der Waals surface area contributed by atoms with Gasteiger partial charge in [-0.25, -0.2) is 4.98 Å². The van der Waals surface area contributed by atoms with Crippen molar-refractivity contribution in [3.05, 3.63) is 52.0 Å². The van der Waals surface area contributed by atoms with Crippen molar-refractivity contribution in [3.63, 3.8) is 0 Å². The van der Waals surface area contributed by atoms with Gasteiger partial charge in [-0.05, 0) is 25.3 Å². The monoisotopic (exact) mass is 313 g/mol. The van der Waals surface area contributed by atoms with Crippen LogP contribution in [0.15, 0.2) is 35.7 Å². The van der Waals surface area contributed by atoms with Gasteiger partial charge in [0.05, 0.1) is 10.7 Å². The number of benzene rings is 1. The third-order valence-electron chi connectivity index (χ3n) is 3.21. The maximum absolute atomic E-state index is 6.22. The molecule has 19 heavy (non-hydrogen) atoms. The van der Waals surface area contributed by atoms with Gasteiger partial charge in [0.1, 0.15) is 0 Å². The summed E-state index contributed by atoms with van der Waals surface area (Å²) < 4.78 is 0. The number of hydrogen-bond acceptors (Lipinski definition) is 2. The second kappa shape index (κ2) is 6.74. The predicted molar refractivity (Wildman–Crippen MR) is 84.6 cm³/mol. The molecule has 0 saturated heterocycles. The number of aryl methyl sites for hydroxylation is 1. The fraction of sp³-hybridized carbons (Fsp3) is 0.400. The number of aromatic nitrogens is 1. The molecule has 0 bridgehead atoms. The maximum Gasteiger partial charge on any atom is 0.0897 e. The van der Waals surface area contributed by atoms with E-state index in [9.17, 15) is 0 Å². The Morgan fingerprint density at radius 1 is 1.11 bits per heavy atom. The van der Waals surface area contributed by atoms with Crippen LogP contribution in [0.4, 0.5) is 0 Å². The molecule has 0 spiro atoms. The van der Waals surface area contributed by atoms with Crippen LogP contribution in [0.2, 0.25) is 0 Å². The zero-order valence-corrected chi connectivity index (χ0v) is 13.2. The van der Waals surface area contributed by atoms with E-state index < -0.39 is 0 Å². The van der Waals surface area contributed by atoms with Crippen molar-refractivity contribution < 1.29 is 0 Å². The summed E-state index contributed by atoms with van der Waals surface area (Å²) in [5.41, 5.74) is 2.25. The predicted octanol–water partition coefficient (Wildman–Crippen LogP) is 4.70. The zero-order chi connectivity index (χ0) is 13.7. The van der Waals surface area contributed by atoms with Crippen molar-refractivity contribution in [2.75, 3.05) is 11.8 Å². The van der Waals surface area contributed by atoms with E-state index in [4.69, 9.17) is 23.2 Å². The van der Waals surface area contributed by atoms with Crippen LogP contribution in [0.3, 0.4) is 0 Å². The SMILES string of the molecule is Cc1nc(CC(CCl)(CCl)Cc2ccccc2)cs1. The lowest BCUT2D eigenvalue weighted by atomic mass is 9.81. The van der Waals surface area contributed by atoms with Gasteiger partial charge in [-0.15, -0.1) is 34.5 Å². The molecule has 2 rings (SSSR count). The second-order valence-electron chi connectivity index (χ2n) is 4.96. The van der Waals surface area contributed by atoms with Crippen molar-refractivity contribution in [1.29, 1.82) is 0 Å². The fourth-order valence-corrected chi connectivity index (χ4v) is 3.47. The first-order chi connectivity index (χ1) is 9.17. The molecule has 0 radical (unpaired) electrons. The summed E-state index contributed by atoms with van der Waals surface area (Å²) in [5, 5.41) is 3.20. The largest absolute Gasteiger partial charge is 0.247 e. The van der Waals surface area contributed by atoms with E-state index in [0.29, 0.717) is 11.8 Å². The molecule has 0 atom stereocenters. The van der Waals surface area contributed by atoms with Crippen LogP contribution >= 0.6 is 34.5 Å². The highest BCUT2D eigenvalue weighted by molar-refractivity contribution is 7.09. The molecule has 1 nitrogen and oxygen atoms in total. The van der Waals surface area contributed by atoms with E-state index in [2.05, 4.69) is 34.6 Å². The van der Waals surface area contributed by atoms with Gasteiger partial charge in [0.15, 0.2) is 0 Å². The van der Waals surface area contributed by atoms with E-state index in [1.807, 2.05) is 13.0 Å². The number of alkyl halides is 2. The fourth-order valence-electron chi connectivity index (χ4n) is 2.19. The van der Waals surface area contributed by atoms with Gasteiger partial charge >= 0.3 is 0 Å². The van der Waals surface area contributed by atoms with Crippen molar-refractivity contribution in [2.45, 2.75) is 19.8 Å². The highest BCUT2D eigenvalue weighted by Crippen LogP contribution is 2.31. The Hall–Kier alpha value is -0.570. The Kier molecular flexibility index (Phi) is 5.26. The molecule has 0 N–H and O–H groups in total. The first kappa shape index (κ1) is 14.8. The summed E-state index contributed by atoms with van der Waals surface area (Å²) in [6.07, 6.45) is 1.72. The minimum Gasteiger partial charge on any atom is -0.247 e. The van der Waals surface area contributed by atoms with Crippen LogP contribution < -0.4 is 0 Å². The number of rotatable bonds is 6. The van der Waals surface area contributed by atoms with Crippen LogP contribution in [-0.2, 0) is 12.8 Å². The Morgan fingerprint density at radius 2 is 1.79 bits per heavy atom. The van der Waals surface area contributed by atoms with Crippen LogP contribution in [-0.4, -0.2) is 16.7 Å². The van der Waals surface area contributed by atoms with Crippen molar-refractivity contribution >= 4 is 34.5 Å². The Labute approximate surface area is 128 Å². The Morgan fingerprint density at radius 3 is 2.32 bits per heavy atom. The molecular formula is C15H17Cl2NS. The minimum atomic E-state index is -0.120. The quantitative estimate of drug-likeness (QED) is 0.704. The lowest BCUT2D eigenvalue weighted by Gasteiger charge is -2.29. The Balaban J connectivity index is 2.17. The highest BCUT2D eigenvalue weighted by Gasteiger charge is 2.30. The molecule has 0 aliphatic rings. The van der Waals surface area contributed by atoms with Crippen LogP contribution in [0.5, 0.6) is 0 Å². The first-order valence-electron chi connectivity index (χ1n) is 6.24. The van der Waals surface area contributed by atoms with Gasteiger partial charge in [-0.2, -0.15) is 0 Å². The summed E-state index contributed by atoms with van der Waals surface area (Å²) >= 11 is 14.1. The van der Waals surface area contributed by atoms with Gasteiger partial charge in [0.2, 0.25) is 0 Å². The van der Waals surface area contributed by atoms with Crippen LogP contribution in [0.25, 0.3) is 0 Å². The third kappa shape index (κ3) is 3.95. The topological polar surface area (TPSA) is 12.9 Å². The number of nitrogens with zero attached hydrogens (tertiary/aromatic N) is 1. The third-order valence-corrected chi connectivity index (χ3v) is 5.17. The van der Waals surface area contributed by atoms with Crippen LogP contribution in [0, 0.1) is 12.3 Å². The number of halogens is 2. The lowest BCUT2D eigenvalue weighted by Crippen LogP contribution is -2.31. The molecule has 1 heterocycles. The summed E-state index contributed by atoms with van der Waals surface area (Å²) in [6, 6.07) is 10.4. The molecular weight excluding hydrogens is 297 g/mol. The summed E-state index contributed by atoms with van der Waals surface area (Å²) in [4.78, 5) is 4.53. The van der Waals surface area contributed by atoms with Gasteiger partial charge in [-0.3, -0.25) is 0 Å². The summed E-state index contributed by atoms with van der Waals surface area (Å²) in [5.74, 6) is 1.09. The van der Waals surface area contributed by atoms with E-state index in [1.165, 1.54) is 5.56 Å². The number of hydrogen-bond donors (Lipinski definition) is 0. The van der Waals surface area contributed by atoms with Crippen molar-refractivity contribution in [2.24, 2.45) is 5.41 Å². The van der Waals surface area contributed by atoms with Gasteiger partial charge in [-0.1, -0.05) is 30.3 Å². The smallest absolute Gasteiger partial charge is 0.0897 e. The lowest BCUT2D eigenvalue weighted by molar-refractivity contribution is 0.370. The van der Waals surface area contributed by atoms with Crippen molar-refractivity contribution in [1.82, 2.24) is 4.98 Å². The molecule has 0 aliphatic heterocycles. The van der Waals surface area contributed by atoms with Crippen molar-refractivity contribution in [3.8, 4) is 0 Å². The first-order valence-corrected chi connectivity index (χ1v) is 8.19. The second-order valence-corrected chi connectivity index (χ2v) is 6.56. The average Bonchev–Trinajstić information content (AvgIpc) is 2.84. The molecule has 2 aromatic rings. The molecule has 102 valence electrons.